The summed E-state index contributed by atoms with van der Waals surface area (Å²) in [5.41, 5.74) is 7.89. The quantitative estimate of drug-likeness (QED) is 0.912. The molecule has 2 N–H and O–H groups in total. The SMILES string of the molecule is CCOC1(c2ncc3c(n2)CCC(CN)C3)CCOCC1. The van der Waals surface area contributed by atoms with Crippen LogP contribution < -0.4 is 5.73 Å². The molecule has 116 valence electrons. The lowest BCUT2D eigenvalue weighted by atomic mass is 9.86. The molecule has 5 heteroatoms. The zero-order valence-electron chi connectivity index (χ0n) is 12.8. The molecule has 0 amide bonds. The lowest BCUT2D eigenvalue weighted by Gasteiger charge is -2.36. The molecule has 1 saturated heterocycles. The Morgan fingerprint density at radius 1 is 1.43 bits per heavy atom. The van der Waals surface area contributed by atoms with E-state index in [4.69, 9.17) is 20.2 Å². The zero-order chi connectivity index (χ0) is 14.7. The molecule has 1 atom stereocenters. The van der Waals surface area contributed by atoms with Gasteiger partial charge in [0.1, 0.15) is 5.60 Å². The molecule has 0 saturated carbocycles. The number of ether oxygens (including phenoxy) is 2. The summed E-state index contributed by atoms with van der Waals surface area (Å²) >= 11 is 0. The predicted molar refractivity (Wildman–Crippen MR) is 80.0 cm³/mol. The number of hydrogen-bond acceptors (Lipinski definition) is 5. The number of fused-ring (bicyclic) bond motifs is 1. The van der Waals surface area contributed by atoms with E-state index in [1.807, 2.05) is 13.1 Å². The third-order valence-electron chi connectivity index (χ3n) is 4.71. The van der Waals surface area contributed by atoms with E-state index in [0.29, 0.717) is 12.5 Å². The maximum Gasteiger partial charge on any atom is 0.160 e. The smallest absolute Gasteiger partial charge is 0.160 e. The highest BCUT2D eigenvalue weighted by Gasteiger charge is 2.38. The van der Waals surface area contributed by atoms with Gasteiger partial charge in [0, 0.05) is 44.6 Å². The van der Waals surface area contributed by atoms with E-state index in [9.17, 15) is 0 Å². The molecule has 0 bridgehead atoms. The van der Waals surface area contributed by atoms with Crippen LogP contribution in [-0.4, -0.2) is 36.3 Å². The highest BCUT2D eigenvalue weighted by molar-refractivity contribution is 5.23. The van der Waals surface area contributed by atoms with E-state index >= 15 is 0 Å². The van der Waals surface area contributed by atoms with Crippen molar-refractivity contribution < 1.29 is 9.47 Å². The Bertz CT molecular complexity index is 481. The summed E-state index contributed by atoms with van der Waals surface area (Å²) in [6, 6.07) is 0. The number of nitrogens with two attached hydrogens (primary N) is 1. The first-order chi connectivity index (χ1) is 10.3. The van der Waals surface area contributed by atoms with Crippen LogP contribution in [0.3, 0.4) is 0 Å². The first-order valence-electron chi connectivity index (χ1n) is 8.04. The number of aryl methyl sites for hydroxylation is 1. The van der Waals surface area contributed by atoms with Crippen molar-refractivity contribution in [1.29, 1.82) is 0 Å². The normalized spacial score (nSPS) is 24.6. The number of nitrogens with zero attached hydrogens (tertiary/aromatic N) is 2. The van der Waals surface area contributed by atoms with Crippen LogP contribution >= 0.6 is 0 Å². The zero-order valence-corrected chi connectivity index (χ0v) is 12.8. The highest BCUT2D eigenvalue weighted by atomic mass is 16.5. The first-order valence-corrected chi connectivity index (χ1v) is 8.04. The third-order valence-corrected chi connectivity index (χ3v) is 4.71. The lowest BCUT2D eigenvalue weighted by Crippen LogP contribution is -2.39. The van der Waals surface area contributed by atoms with Crippen LogP contribution in [-0.2, 0) is 27.9 Å². The second kappa shape index (κ2) is 6.38. The van der Waals surface area contributed by atoms with Crippen LogP contribution in [0.1, 0.15) is 43.3 Å². The molecule has 1 aliphatic carbocycles. The topological polar surface area (TPSA) is 70.3 Å². The van der Waals surface area contributed by atoms with Crippen molar-refractivity contribution in [3.63, 3.8) is 0 Å². The largest absolute Gasteiger partial charge is 0.381 e. The number of hydrogen-bond donors (Lipinski definition) is 1. The maximum absolute atomic E-state index is 6.06. The van der Waals surface area contributed by atoms with Gasteiger partial charge in [0.2, 0.25) is 0 Å². The van der Waals surface area contributed by atoms with Gasteiger partial charge in [0.05, 0.1) is 0 Å². The fraction of sp³-hybridized carbons (Fsp3) is 0.750. The van der Waals surface area contributed by atoms with Crippen molar-refractivity contribution in [2.24, 2.45) is 11.7 Å². The predicted octanol–water partition coefficient (Wildman–Crippen LogP) is 1.58. The van der Waals surface area contributed by atoms with Crippen LogP contribution in [0.25, 0.3) is 0 Å². The minimum atomic E-state index is -0.354. The van der Waals surface area contributed by atoms with Gasteiger partial charge in [-0.1, -0.05) is 0 Å². The van der Waals surface area contributed by atoms with Gasteiger partial charge in [-0.15, -0.1) is 0 Å². The van der Waals surface area contributed by atoms with Gasteiger partial charge in [-0.25, -0.2) is 9.97 Å². The lowest BCUT2D eigenvalue weighted by molar-refractivity contribution is -0.118. The van der Waals surface area contributed by atoms with E-state index in [1.54, 1.807) is 0 Å². The molecular formula is C16H25N3O2. The van der Waals surface area contributed by atoms with Crippen molar-refractivity contribution >= 4 is 0 Å². The van der Waals surface area contributed by atoms with Gasteiger partial charge in [-0.05, 0) is 44.2 Å². The monoisotopic (exact) mass is 291 g/mol. The van der Waals surface area contributed by atoms with E-state index in [0.717, 1.165) is 57.7 Å². The Morgan fingerprint density at radius 3 is 2.95 bits per heavy atom. The summed E-state index contributed by atoms with van der Waals surface area (Å²) in [6.07, 6.45) is 6.82. The standard InChI is InChI=1S/C16H25N3O2/c1-2-21-16(5-7-20-8-6-16)15-18-11-13-9-12(10-17)3-4-14(13)19-15/h11-12H,2-10,17H2,1H3. The Kier molecular flexibility index (Phi) is 4.52. The fourth-order valence-corrected chi connectivity index (χ4v) is 3.41. The number of rotatable bonds is 4. The minimum Gasteiger partial charge on any atom is -0.381 e. The van der Waals surface area contributed by atoms with Crippen LogP contribution in [0.15, 0.2) is 6.20 Å². The third kappa shape index (κ3) is 2.96. The average molecular weight is 291 g/mol. The molecule has 1 aromatic heterocycles. The Labute approximate surface area is 126 Å². The molecule has 1 aliphatic heterocycles. The molecular weight excluding hydrogens is 266 g/mol. The summed E-state index contributed by atoms with van der Waals surface area (Å²) < 4.78 is 11.5. The van der Waals surface area contributed by atoms with Crippen LogP contribution in [0.4, 0.5) is 0 Å². The average Bonchev–Trinajstić information content (AvgIpc) is 2.55. The highest BCUT2D eigenvalue weighted by Crippen LogP contribution is 2.35. The molecule has 3 rings (SSSR count). The molecule has 1 fully saturated rings. The molecule has 2 aliphatic rings. The van der Waals surface area contributed by atoms with Gasteiger partial charge in [0.15, 0.2) is 5.82 Å². The van der Waals surface area contributed by atoms with E-state index in [1.165, 1.54) is 11.3 Å². The summed E-state index contributed by atoms with van der Waals surface area (Å²) in [6.45, 7) is 4.89. The van der Waals surface area contributed by atoms with Gasteiger partial charge in [-0.3, -0.25) is 0 Å². The summed E-state index contributed by atoms with van der Waals surface area (Å²) in [5.74, 6) is 1.42. The molecule has 21 heavy (non-hydrogen) atoms. The Morgan fingerprint density at radius 2 is 2.24 bits per heavy atom. The molecule has 1 aromatic rings. The van der Waals surface area contributed by atoms with E-state index < -0.39 is 0 Å². The Hall–Kier alpha value is -1.04. The van der Waals surface area contributed by atoms with Crippen LogP contribution in [0.5, 0.6) is 0 Å². The van der Waals surface area contributed by atoms with Gasteiger partial charge >= 0.3 is 0 Å². The molecule has 1 unspecified atom stereocenters. The van der Waals surface area contributed by atoms with Gasteiger partial charge in [-0.2, -0.15) is 0 Å². The fourth-order valence-electron chi connectivity index (χ4n) is 3.41. The van der Waals surface area contributed by atoms with E-state index in [2.05, 4.69) is 4.98 Å². The van der Waals surface area contributed by atoms with Crippen LogP contribution in [0, 0.1) is 5.92 Å². The minimum absolute atomic E-state index is 0.354. The molecule has 2 heterocycles. The molecule has 0 aromatic carbocycles. The van der Waals surface area contributed by atoms with Crippen molar-refractivity contribution in [1.82, 2.24) is 9.97 Å². The summed E-state index contributed by atoms with van der Waals surface area (Å²) in [7, 11) is 0. The van der Waals surface area contributed by atoms with Gasteiger partial charge < -0.3 is 15.2 Å². The van der Waals surface area contributed by atoms with Crippen molar-refractivity contribution in [3.05, 3.63) is 23.3 Å². The van der Waals surface area contributed by atoms with E-state index in [-0.39, 0.29) is 5.60 Å². The van der Waals surface area contributed by atoms with Gasteiger partial charge in [0.25, 0.3) is 0 Å². The molecule has 0 spiro atoms. The van der Waals surface area contributed by atoms with Crippen LogP contribution in [0.2, 0.25) is 0 Å². The Balaban J connectivity index is 1.88. The molecule has 0 radical (unpaired) electrons. The first kappa shape index (κ1) is 14.9. The second-order valence-electron chi connectivity index (χ2n) is 6.05. The van der Waals surface area contributed by atoms with Crippen molar-refractivity contribution in [2.75, 3.05) is 26.4 Å². The van der Waals surface area contributed by atoms with Crippen molar-refractivity contribution in [3.8, 4) is 0 Å². The number of aromatic nitrogens is 2. The summed E-state index contributed by atoms with van der Waals surface area (Å²) in [5, 5.41) is 0. The second-order valence-corrected chi connectivity index (χ2v) is 6.05. The van der Waals surface area contributed by atoms with Crippen molar-refractivity contribution in [2.45, 2.75) is 44.6 Å². The summed E-state index contributed by atoms with van der Waals surface area (Å²) in [4.78, 5) is 9.51. The maximum atomic E-state index is 6.06. The molecule has 5 nitrogen and oxygen atoms in total.